The molecule has 3 aliphatic rings. The van der Waals surface area contributed by atoms with Crippen molar-refractivity contribution in [3.05, 3.63) is 75.2 Å². The van der Waals surface area contributed by atoms with Crippen LogP contribution in [0.5, 0.6) is 0 Å². The number of aromatic nitrogens is 2. The van der Waals surface area contributed by atoms with Crippen LogP contribution in [0, 0.1) is 22.5 Å². The van der Waals surface area contributed by atoms with Gasteiger partial charge in [-0.25, -0.2) is 9.97 Å². The number of hydrogen-bond donors (Lipinski definition) is 1. The van der Waals surface area contributed by atoms with Crippen molar-refractivity contribution in [3.8, 4) is 0 Å². The quantitative estimate of drug-likeness (QED) is 0.372. The van der Waals surface area contributed by atoms with Gasteiger partial charge in [0, 0.05) is 48.3 Å². The number of nitrogens with zero attached hydrogens (tertiary/aromatic N) is 5. The Labute approximate surface area is 216 Å². The van der Waals surface area contributed by atoms with Crippen LogP contribution in [-0.4, -0.2) is 47.7 Å². The molecular formula is C26H25F3N6O3. The average Bonchev–Trinajstić information content (AvgIpc) is 2.82. The van der Waals surface area contributed by atoms with E-state index in [2.05, 4.69) is 39.2 Å². The molecule has 2 fully saturated rings. The first-order valence-electron chi connectivity index (χ1n) is 12.3. The standard InChI is InChI=1S/C26H25F3N6O3/c1-16-8-17(2-4-22(16)34-11-25(12-34)13-38-14-25)32-24-19-6-7-33(10-21(19)30-15-31-24)18-3-5-23(35(36)37)20(9-18)26(27,28)29/h2-5,8-9,15H,6-7,10-14H2,1H3,(H,30,31,32). The van der Waals surface area contributed by atoms with E-state index in [9.17, 15) is 23.3 Å². The smallest absolute Gasteiger partial charge is 0.380 e. The van der Waals surface area contributed by atoms with E-state index in [1.54, 1.807) is 4.90 Å². The molecule has 0 amide bonds. The van der Waals surface area contributed by atoms with Crippen LogP contribution >= 0.6 is 0 Å². The van der Waals surface area contributed by atoms with Crippen molar-refractivity contribution in [2.45, 2.75) is 26.1 Å². The van der Waals surface area contributed by atoms with E-state index >= 15 is 0 Å². The third kappa shape index (κ3) is 4.28. The fraction of sp³-hybridized carbons (Fsp3) is 0.385. The molecule has 12 heteroatoms. The fourth-order valence-electron chi connectivity index (χ4n) is 5.52. The second kappa shape index (κ2) is 8.83. The molecular weight excluding hydrogens is 501 g/mol. The summed E-state index contributed by atoms with van der Waals surface area (Å²) in [4.78, 5) is 23.0. The summed E-state index contributed by atoms with van der Waals surface area (Å²) in [6, 6.07) is 9.30. The largest absolute Gasteiger partial charge is 0.423 e. The number of alkyl halides is 3. The number of ether oxygens (including phenoxy) is 1. The van der Waals surface area contributed by atoms with Crippen LogP contribution in [0.2, 0.25) is 0 Å². The van der Waals surface area contributed by atoms with E-state index in [0.29, 0.717) is 29.9 Å². The van der Waals surface area contributed by atoms with Crippen molar-refractivity contribution in [2.75, 3.05) is 48.0 Å². The highest BCUT2D eigenvalue weighted by atomic mass is 19.4. The predicted octanol–water partition coefficient (Wildman–Crippen LogP) is 4.85. The topological polar surface area (TPSA) is 96.7 Å². The van der Waals surface area contributed by atoms with Gasteiger partial charge in [0.25, 0.3) is 5.69 Å². The Kier molecular flexibility index (Phi) is 5.67. The second-order valence-electron chi connectivity index (χ2n) is 10.3. The molecule has 0 unspecified atom stereocenters. The Balaban J connectivity index is 1.19. The van der Waals surface area contributed by atoms with Gasteiger partial charge in [0.15, 0.2) is 0 Å². The van der Waals surface area contributed by atoms with Gasteiger partial charge in [-0.2, -0.15) is 13.2 Å². The zero-order chi connectivity index (χ0) is 26.7. The average molecular weight is 527 g/mol. The maximum absolute atomic E-state index is 13.5. The van der Waals surface area contributed by atoms with Gasteiger partial charge in [-0.1, -0.05) is 0 Å². The Morgan fingerprint density at radius 1 is 1.11 bits per heavy atom. The van der Waals surface area contributed by atoms with Crippen LogP contribution in [0.4, 0.5) is 41.7 Å². The molecule has 2 saturated heterocycles. The van der Waals surface area contributed by atoms with Crippen molar-refractivity contribution >= 4 is 28.6 Å². The lowest BCUT2D eigenvalue weighted by atomic mass is 9.77. The Morgan fingerprint density at radius 2 is 1.89 bits per heavy atom. The first kappa shape index (κ1) is 24.4. The number of aryl methyl sites for hydroxylation is 1. The summed E-state index contributed by atoms with van der Waals surface area (Å²) in [5.41, 5.74) is 3.22. The molecule has 6 rings (SSSR count). The van der Waals surface area contributed by atoms with Gasteiger partial charge in [0.05, 0.1) is 35.8 Å². The molecule has 3 aliphatic heterocycles. The first-order chi connectivity index (χ1) is 18.1. The van der Waals surface area contributed by atoms with E-state index in [1.165, 1.54) is 18.1 Å². The van der Waals surface area contributed by atoms with Crippen LogP contribution in [0.15, 0.2) is 42.7 Å². The number of hydrogen-bond acceptors (Lipinski definition) is 8. The van der Waals surface area contributed by atoms with Crippen LogP contribution < -0.4 is 15.1 Å². The molecule has 3 aromatic rings. The molecule has 2 aromatic carbocycles. The van der Waals surface area contributed by atoms with Crippen LogP contribution in [0.25, 0.3) is 0 Å². The maximum atomic E-state index is 13.5. The van der Waals surface area contributed by atoms with Gasteiger partial charge < -0.3 is 19.9 Å². The summed E-state index contributed by atoms with van der Waals surface area (Å²) in [6.45, 7) is 6.46. The third-order valence-corrected chi connectivity index (χ3v) is 7.52. The molecule has 4 heterocycles. The van der Waals surface area contributed by atoms with Gasteiger partial charge in [0.2, 0.25) is 0 Å². The third-order valence-electron chi connectivity index (χ3n) is 7.52. The van der Waals surface area contributed by atoms with Gasteiger partial charge in [-0.3, -0.25) is 10.1 Å². The van der Waals surface area contributed by atoms with Crippen molar-refractivity contribution in [3.63, 3.8) is 0 Å². The second-order valence-corrected chi connectivity index (χ2v) is 10.3. The number of nitrogens with one attached hydrogen (secondary N) is 1. The summed E-state index contributed by atoms with van der Waals surface area (Å²) in [7, 11) is 0. The molecule has 0 radical (unpaired) electrons. The van der Waals surface area contributed by atoms with Gasteiger partial charge >= 0.3 is 6.18 Å². The van der Waals surface area contributed by atoms with Crippen molar-refractivity contribution in [2.24, 2.45) is 5.41 Å². The Hall–Kier alpha value is -3.93. The summed E-state index contributed by atoms with van der Waals surface area (Å²) in [6.07, 6.45) is -2.89. The van der Waals surface area contributed by atoms with Crippen molar-refractivity contribution < 1.29 is 22.8 Å². The lowest BCUT2D eigenvalue weighted by Gasteiger charge is -2.56. The van der Waals surface area contributed by atoms with Crippen molar-refractivity contribution in [1.82, 2.24) is 9.97 Å². The van der Waals surface area contributed by atoms with E-state index in [0.717, 1.165) is 55.3 Å². The summed E-state index contributed by atoms with van der Waals surface area (Å²) < 4.78 is 45.8. The Morgan fingerprint density at radius 3 is 2.55 bits per heavy atom. The van der Waals surface area contributed by atoms with E-state index in [4.69, 9.17) is 4.74 Å². The molecule has 198 valence electrons. The van der Waals surface area contributed by atoms with E-state index in [-0.39, 0.29) is 12.2 Å². The fourth-order valence-corrected chi connectivity index (χ4v) is 5.52. The first-order valence-corrected chi connectivity index (χ1v) is 12.3. The monoisotopic (exact) mass is 526 g/mol. The number of halogens is 3. The summed E-state index contributed by atoms with van der Waals surface area (Å²) in [5, 5.41) is 14.5. The predicted molar refractivity (Wildman–Crippen MR) is 135 cm³/mol. The summed E-state index contributed by atoms with van der Waals surface area (Å²) >= 11 is 0. The van der Waals surface area contributed by atoms with Gasteiger partial charge in [-0.15, -0.1) is 0 Å². The minimum atomic E-state index is -4.83. The summed E-state index contributed by atoms with van der Waals surface area (Å²) in [5.74, 6) is 0.663. The van der Waals surface area contributed by atoms with Crippen LogP contribution in [-0.2, 0) is 23.9 Å². The highest BCUT2D eigenvalue weighted by molar-refractivity contribution is 5.68. The van der Waals surface area contributed by atoms with Crippen LogP contribution in [0.3, 0.4) is 0 Å². The zero-order valence-electron chi connectivity index (χ0n) is 20.6. The maximum Gasteiger partial charge on any atom is 0.423 e. The van der Waals surface area contributed by atoms with E-state index < -0.39 is 22.4 Å². The number of anilines is 4. The molecule has 0 saturated carbocycles. The zero-order valence-corrected chi connectivity index (χ0v) is 20.6. The van der Waals surface area contributed by atoms with E-state index in [1.807, 2.05) is 6.07 Å². The molecule has 9 nitrogen and oxygen atoms in total. The number of benzene rings is 2. The minimum absolute atomic E-state index is 0.258. The number of nitro groups is 1. The number of nitro benzene ring substituents is 1. The molecule has 0 atom stereocenters. The molecule has 0 aliphatic carbocycles. The van der Waals surface area contributed by atoms with Gasteiger partial charge in [0.1, 0.15) is 17.7 Å². The molecule has 1 aromatic heterocycles. The molecule has 1 N–H and O–H groups in total. The lowest BCUT2D eigenvalue weighted by molar-refractivity contribution is -0.388. The van der Waals surface area contributed by atoms with Crippen molar-refractivity contribution in [1.29, 1.82) is 0 Å². The highest BCUT2D eigenvalue weighted by Gasteiger charge is 2.49. The molecule has 38 heavy (non-hydrogen) atoms. The highest BCUT2D eigenvalue weighted by Crippen LogP contribution is 2.42. The normalized spacial score (nSPS) is 18.0. The Bertz CT molecular complexity index is 1420. The number of rotatable bonds is 5. The van der Waals surface area contributed by atoms with Crippen LogP contribution in [0.1, 0.15) is 22.4 Å². The SMILES string of the molecule is Cc1cc(Nc2ncnc3c2CCN(c2ccc([N+](=O)[O-])c(C(F)(F)F)c2)C3)ccc1N1CC2(COC2)C1. The minimum Gasteiger partial charge on any atom is -0.380 e. The molecule has 1 spiro atoms. The molecule has 0 bridgehead atoms. The number of fused-ring (bicyclic) bond motifs is 1. The lowest BCUT2D eigenvalue weighted by Crippen LogP contribution is -2.66. The van der Waals surface area contributed by atoms with Gasteiger partial charge in [-0.05, 0) is 49.2 Å².